The summed E-state index contributed by atoms with van der Waals surface area (Å²) in [5.74, 6) is 1.47. The molecule has 34 heavy (non-hydrogen) atoms. The van der Waals surface area contributed by atoms with Gasteiger partial charge in [-0.15, -0.1) is 0 Å². The molecule has 0 saturated heterocycles. The van der Waals surface area contributed by atoms with Gasteiger partial charge in [0.05, 0.1) is 7.11 Å². The molecule has 0 fully saturated rings. The molecule has 0 spiro atoms. The van der Waals surface area contributed by atoms with Gasteiger partial charge in [0.2, 0.25) is 0 Å². The summed E-state index contributed by atoms with van der Waals surface area (Å²) < 4.78 is 11.7. The molecular weight excluding hydrogens is 444 g/mol. The topological polar surface area (TPSA) is 34.6 Å². The third-order valence-corrected chi connectivity index (χ3v) is 6.00. The van der Waals surface area contributed by atoms with Gasteiger partial charge in [-0.1, -0.05) is 72.3 Å². The number of hydrogen-bond acceptors (Lipinski definition) is 4. The van der Waals surface area contributed by atoms with Crippen molar-refractivity contribution in [1.82, 2.24) is 9.88 Å². The van der Waals surface area contributed by atoms with Crippen molar-refractivity contribution in [2.24, 2.45) is 0 Å². The molecule has 0 aliphatic heterocycles. The number of halogens is 1. The molecule has 4 aromatic rings. The van der Waals surface area contributed by atoms with Gasteiger partial charge in [-0.2, -0.15) is 0 Å². The minimum atomic E-state index is 0.499. The summed E-state index contributed by atoms with van der Waals surface area (Å²) >= 11 is 6.47. The molecule has 3 aromatic carbocycles. The Morgan fingerprint density at radius 3 is 2.35 bits per heavy atom. The van der Waals surface area contributed by atoms with Crippen molar-refractivity contribution in [2.75, 3.05) is 13.7 Å². The Bertz CT molecular complexity index is 1170. The predicted molar refractivity (Wildman–Crippen MR) is 137 cm³/mol. The number of nitrogens with zero attached hydrogens (tertiary/aromatic N) is 2. The number of ether oxygens (including phenoxy) is 2. The van der Waals surface area contributed by atoms with Gasteiger partial charge < -0.3 is 9.47 Å². The fourth-order valence-electron chi connectivity index (χ4n) is 3.82. The molecule has 0 bridgehead atoms. The van der Waals surface area contributed by atoms with Crippen LogP contribution in [0.1, 0.15) is 22.4 Å². The maximum atomic E-state index is 6.47. The zero-order chi connectivity index (χ0) is 23.6. The maximum absolute atomic E-state index is 6.47. The van der Waals surface area contributed by atoms with Crippen molar-refractivity contribution >= 4 is 11.6 Å². The molecule has 5 heteroatoms. The number of rotatable bonds is 11. The number of pyridine rings is 1. The highest BCUT2D eigenvalue weighted by atomic mass is 35.5. The van der Waals surface area contributed by atoms with Gasteiger partial charge in [0.25, 0.3) is 0 Å². The van der Waals surface area contributed by atoms with E-state index in [-0.39, 0.29) is 0 Å². The van der Waals surface area contributed by atoms with Crippen LogP contribution in [0.2, 0.25) is 5.02 Å². The van der Waals surface area contributed by atoms with Crippen LogP contribution in [0.4, 0.5) is 0 Å². The monoisotopic (exact) mass is 472 g/mol. The van der Waals surface area contributed by atoms with Crippen LogP contribution in [-0.4, -0.2) is 23.5 Å². The van der Waals surface area contributed by atoms with E-state index in [0.29, 0.717) is 6.61 Å². The van der Waals surface area contributed by atoms with Gasteiger partial charge in [-0.3, -0.25) is 9.88 Å². The minimum absolute atomic E-state index is 0.499. The van der Waals surface area contributed by atoms with E-state index in [4.69, 9.17) is 21.1 Å². The van der Waals surface area contributed by atoms with Crippen LogP contribution < -0.4 is 9.47 Å². The lowest BCUT2D eigenvalue weighted by Gasteiger charge is -2.23. The second-order valence-corrected chi connectivity index (χ2v) is 8.54. The number of benzene rings is 3. The van der Waals surface area contributed by atoms with Gasteiger partial charge in [0.1, 0.15) is 6.61 Å². The molecule has 0 aliphatic carbocycles. The zero-order valence-electron chi connectivity index (χ0n) is 19.4. The van der Waals surface area contributed by atoms with Gasteiger partial charge in [0.15, 0.2) is 11.5 Å². The Morgan fingerprint density at radius 2 is 1.59 bits per heavy atom. The van der Waals surface area contributed by atoms with Crippen LogP contribution in [0.15, 0.2) is 97.2 Å². The molecule has 0 unspecified atom stereocenters. The molecule has 0 saturated carbocycles. The first-order valence-electron chi connectivity index (χ1n) is 11.4. The van der Waals surface area contributed by atoms with Crippen molar-refractivity contribution in [2.45, 2.75) is 26.1 Å². The van der Waals surface area contributed by atoms with Crippen molar-refractivity contribution in [3.63, 3.8) is 0 Å². The summed E-state index contributed by atoms with van der Waals surface area (Å²) in [4.78, 5) is 6.86. The summed E-state index contributed by atoms with van der Waals surface area (Å²) in [6, 6.07) is 30.3. The van der Waals surface area contributed by atoms with Gasteiger partial charge in [-0.05, 0) is 47.0 Å². The third kappa shape index (κ3) is 6.83. The first-order valence-corrected chi connectivity index (χ1v) is 11.8. The second kappa shape index (κ2) is 12.2. The van der Waals surface area contributed by atoms with E-state index >= 15 is 0 Å². The molecule has 0 atom stereocenters. The second-order valence-electron chi connectivity index (χ2n) is 8.13. The standard InChI is InChI=1S/C29H29ClN2O2/c1-33-29-19-24(14-15-28(29)34-22-23-9-3-2-4-10-23)20-32(18-16-26-12-7-8-17-31-26)21-25-11-5-6-13-27(25)30/h2-15,17,19H,16,18,20-22H2,1H3. The van der Waals surface area contributed by atoms with Crippen LogP contribution in [0, 0.1) is 0 Å². The average Bonchev–Trinajstić information content (AvgIpc) is 2.89. The molecule has 0 radical (unpaired) electrons. The zero-order valence-corrected chi connectivity index (χ0v) is 20.1. The highest BCUT2D eigenvalue weighted by Gasteiger charge is 2.13. The van der Waals surface area contributed by atoms with Gasteiger partial charge in [0, 0.05) is 43.0 Å². The molecule has 0 N–H and O–H groups in total. The largest absolute Gasteiger partial charge is 0.493 e. The summed E-state index contributed by atoms with van der Waals surface area (Å²) in [5.41, 5.74) is 4.46. The van der Waals surface area contributed by atoms with Crippen LogP contribution >= 0.6 is 11.6 Å². The number of aromatic nitrogens is 1. The summed E-state index contributed by atoms with van der Waals surface area (Å²) in [5, 5.41) is 0.785. The van der Waals surface area contributed by atoms with E-state index in [1.165, 1.54) is 0 Å². The third-order valence-electron chi connectivity index (χ3n) is 5.63. The van der Waals surface area contributed by atoms with Crippen molar-refractivity contribution in [3.8, 4) is 11.5 Å². The summed E-state index contributed by atoms with van der Waals surface area (Å²) in [6.07, 6.45) is 2.70. The van der Waals surface area contributed by atoms with E-state index < -0.39 is 0 Å². The molecule has 1 aromatic heterocycles. The number of methoxy groups -OCH3 is 1. The molecule has 174 valence electrons. The SMILES string of the molecule is COc1cc(CN(CCc2ccccn2)Cc2ccccc2Cl)ccc1OCc1ccccc1. The molecule has 4 nitrogen and oxygen atoms in total. The molecule has 0 amide bonds. The van der Waals surface area contributed by atoms with E-state index in [1.54, 1.807) is 7.11 Å². The highest BCUT2D eigenvalue weighted by Crippen LogP contribution is 2.30. The summed E-state index contributed by atoms with van der Waals surface area (Å²) in [6.45, 7) is 2.87. The van der Waals surface area contributed by atoms with E-state index in [0.717, 1.165) is 65.0 Å². The van der Waals surface area contributed by atoms with Crippen molar-refractivity contribution in [1.29, 1.82) is 0 Å². The molecule has 4 rings (SSSR count). The van der Waals surface area contributed by atoms with Crippen molar-refractivity contribution in [3.05, 3.63) is 125 Å². The Kier molecular flexibility index (Phi) is 8.55. The summed E-state index contributed by atoms with van der Waals surface area (Å²) in [7, 11) is 1.68. The average molecular weight is 473 g/mol. The van der Waals surface area contributed by atoms with Crippen LogP contribution in [0.25, 0.3) is 0 Å². The first-order chi connectivity index (χ1) is 16.7. The Balaban J connectivity index is 1.48. The van der Waals surface area contributed by atoms with Crippen LogP contribution in [0.5, 0.6) is 11.5 Å². The lowest BCUT2D eigenvalue weighted by molar-refractivity contribution is 0.257. The Labute approximate surface area is 206 Å². The van der Waals surface area contributed by atoms with Crippen molar-refractivity contribution < 1.29 is 9.47 Å². The lowest BCUT2D eigenvalue weighted by atomic mass is 10.1. The maximum Gasteiger partial charge on any atom is 0.161 e. The number of hydrogen-bond donors (Lipinski definition) is 0. The Morgan fingerprint density at radius 1 is 0.794 bits per heavy atom. The van der Waals surface area contributed by atoms with E-state index in [2.05, 4.69) is 46.3 Å². The molecular formula is C29H29ClN2O2. The van der Waals surface area contributed by atoms with Gasteiger partial charge in [-0.25, -0.2) is 0 Å². The van der Waals surface area contributed by atoms with Crippen LogP contribution in [0.3, 0.4) is 0 Å². The Hall–Kier alpha value is -3.34. The van der Waals surface area contributed by atoms with E-state index in [9.17, 15) is 0 Å². The smallest absolute Gasteiger partial charge is 0.161 e. The lowest BCUT2D eigenvalue weighted by Crippen LogP contribution is -2.25. The highest BCUT2D eigenvalue weighted by molar-refractivity contribution is 6.31. The van der Waals surface area contributed by atoms with Gasteiger partial charge >= 0.3 is 0 Å². The minimum Gasteiger partial charge on any atom is -0.493 e. The first kappa shape index (κ1) is 23.8. The predicted octanol–water partition coefficient (Wildman–Crippen LogP) is 6.57. The van der Waals surface area contributed by atoms with Crippen LogP contribution in [-0.2, 0) is 26.1 Å². The van der Waals surface area contributed by atoms with E-state index in [1.807, 2.05) is 60.8 Å². The molecule has 0 aliphatic rings. The quantitative estimate of drug-likeness (QED) is 0.247. The fourth-order valence-corrected chi connectivity index (χ4v) is 4.02. The normalized spacial score (nSPS) is 10.9. The fraction of sp³-hybridized carbons (Fsp3) is 0.207. The molecule has 1 heterocycles.